The molecule has 0 aliphatic rings. The zero-order valence-electron chi connectivity index (χ0n) is 10.6. The second kappa shape index (κ2) is 6.14. The van der Waals surface area contributed by atoms with Crippen LogP contribution in [0.2, 0.25) is 0 Å². The lowest BCUT2D eigenvalue weighted by Gasteiger charge is -2.23. The molecule has 0 saturated carbocycles. The van der Waals surface area contributed by atoms with Gasteiger partial charge in [0.1, 0.15) is 5.82 Å². The lowest BCUT2D eigenvalue weighted by Crippen LogP contribution is -2.40. The molecule has 1 unspecified atom stereocenters. The van der Waals surface area contributed by atoms with E-state index in [1.165, 1.54) is 11.9 Å². The highest BCUT2D eigenvalue weighted by molar-refractivity contribution is 5.93. The summed E-state index contributed by atoms with van der Waals surface area (Å²) in [4.78, 5) is 23.7. The third-order valence-electron chi connectivity index (χ3n) is 2.70. The van der Waals surface area contributed by atoms with Gasteiger partial charge in [-0.1, -0.05) is 0 Å². The number of halogens is 1. The number of aromatic carboxylic acids is 1. The molecule has 0 fully saturated rings. The van der Waals surface area contributed by atoms with Crippen molar-refractivity contribution >= 4 is 17.7 Å². The molecule has 0 aromatic heterocycles. The van der Waals surface area contributed by atoms with Crippen LogP contribution in [0.3, 0.4) is 0 Å². The predicted octanol–water partition coefficient (Wildman–Crippen LogP) is 1.37. The van der Waals surface area contributed by atoms with Crippen molar-refractivity contribution in [1.29, 1.82) is 0 Å². The van der Waals surface area contributed by atoms with Gasteiger partial charge in [-0.3, -0.25) is 0 Å². The van der Waals surface area contributed by atoms with Gasteiger partial charge >= 0.3 is 12.0 Å². The number of carbonyl (C=O) groups is 2. The topological polar surface area (TPSA) is 89.9 Å². The first-order valence-electron chi connectivity index (χ1n) is 5.54. The Hall–Kier alpha value is -2.15. The molecule has 0 heterocycles. The molecule has 1 atom stereocenters. The van der Waals surface area contributed by atoms with Crippen LogP contribution in [0.25, 0.3) is 0 Å². The van der Waals surface area contributed by atoms with Crippen LogP contribution in [-0.2, 0) is 0 Å². The second-order valence-electron chi connectivity index (χ2n) is 4.07. The van der Waals surface area contributed by atoms with Crippen LogP contribution in [0.4, 0.5) is 14.9 Å². The molecule has 0 aliphatic heterocycles. The minimum Gasteiger partial charge on any atom is -0.478 e. The van der Waals surface area contributed by atoms with E-state index in [9.17, 15) is 14.0 Å². The van der Waals surface area contributed by atoms with Crippen molar-refractivity contribution in [3.63, 3.8) is 0 Å². The summed E-state index contributed by atoms with van der Waals surface area (Å²) < 4.78 is 13.5. The van der Waals surface area contributed by atoms with E-state index >= 15 is 0 Å². The van der Waals surface area contributed by atoms with Crippen molar-refractivity contribution < 1.29 is 24.2 Å². The second-order valence-corrected chi connectivity index (χ2v) is 4.07. The Morgan fingerprint density at radius 2 is 2.11 bits per heavy atom. The number of urea groups is 1. The van der Waals surface area contributed by atoms with Gasteiger partial charge in [0.05, 0.1) is 23.9 Å². The van der Waals surface area contributed by atoms with E-state index in [-0.39, 0.29) is 17.9 Å². The van der Waals surface area contributed by atoms with Crippen LogP contribution >= 0.6 is 0 Å². The number of hydrogen-bond acceptors (Lipinski definition) is 3. The van der Waals surface area contributed by atoms with Gasteiger partial charge in [0.25, 0.3) is 0 Å². The third kappa shape index (κ3) is 3.65. The summed E-state index contributed by atoms with van der Waals surface area (Å²) in [5.74, 6) is -1.95. The van der Waals surface area contributed by atoms with Crippen molar-refractivity contribution in [3.8, 4) is 0 Å². The maximum Gasteiger partial charge on any atom is 0.335 e. The summed E-state index contributed by atoms with van der Waals surface area (Å²) in [6, 6.07) is 2.03. The fourth-order valence-corrected chi connectivity index (χ4v) is 1.28. The summed E-state index contributed by atoms with van der Waals surface area (Å²) in [6.45, 7) is 1.38. The molecule has 0 bridgehead atoms. The quantitative estimate of drug-likeness (QED) is 0.770. The fourth-order valence-electron chi connectivity index (χ4n) is 1.28. The number of aliphatic hydroxyl groups excluding tert-OH is 1. The Balaban J connectivity index is 2.90. The standard InChI is InChI=1S/C12H15FN2O4/c1-7(6-16)15(2)12(19)14-10-5-8(11(17)18)3-4-9(10)13/h3-5,7,16H,6H2,1-2H3,(H,14,19)(H,17,18). The van der Waals surface area contributed by atoms with E-state index in [2.05, 4.69) is 5.32 Å². The van der Waals surface area contributed by atoms with Crippen molar-refractivity contribution in [2.75, 3.05) is 19.0 Å². The highest BCUT2D eigenvalue weighted by Gasteiger charge is 2.17. The zero-order chi connectivity index (χ0) is 14.6. The predicted molar refractivity (Wildman–Crippen MR) is 66.7 cm³/mol. The number of nitrogens with zero attached hydrogens (tertiary/aromatic N) is 1. The fraction of sp³-hybridized carbons (Fsp3) is 0.333. The molecule has 0 spiro atoms. The molecule has 1 rings (SSSR count). The van der Waals surface area contributed by atoms with E-state index in [0.717, 1.165) is 18.2 Å². The smallest absolute Gasteiger partial charge is 0.335 e. The average Bonchev–Trinajstić information content (AvgIpc) is 2.38. The molecule has 2 amide bonds. The molecule has 3 N–H and O–H groups in total. The van der Waals surface area contributed by atoms with E-state index in [4.69, 9.17) is 10.2 Å². The van der Waals surface area contributed by atoms with E-state index in [0.29, 0.717) is 0 Å². The van der Waals surface area contributed by atoms with Gasteiger partial charge in [-0.05, 0) is 25.1 Å². The van der Waals surface area contributed by atoms with Gasteiger partial charge in [-0.2, -0.15) is 0 Å². The molecule has 1 aromatic carbocycles. The summed E-state index contributed by atoms with van der Waals surface area (Å²) in [5, 5.41) is 20.0. The van der Waals surface area contributed by atoms with Gasteiger partial charge in [-0.15, -0.1) is 0 Å². The minimum absolute atomic E-state index is 0.130. The average molecular weight is 270 g/mol. The molecule has 7 heteroatoms. The van der Waals surface area contributed by atoms with Crippen molar-refractivity contribution in [1.82, 2.24) is 4.90 Å². The Bertz CT molecular complexity index is 493. The monoisotopic (exact) mass is 270 g/mol. The molecule has 104 valence electrons. The van der Waals surface area contributed by atoms with Gasteiger partial charge < -0.3 is 20.4 Å². The van der Waals surface area contributed by atoms with Crippen molar-refractivity contribution in [2.45, 2.75) is 13.0 Å². The van der Waals surface area contributed by atoms with Gasteiger partial charge in [0.2, 0.25) is 0 Å². The maximum atomic E-state index is 13.5. The number of nitrogens with one attached hydrogen (secondary N) is 1. The number of amides is 2. The number of anilines is 1. The SMILES string of the molecule is CC(CO)N(C)C(=O)Nc1cc(C(=O)O)ccc1F. The summed E-state index contributed by atoms with van der Waals surface area (Å²) in [7, 11) is 1.44. The van der Waals surface area contributed by atoms with Crippen LogP contribution in [-0.4, -0.2) is 46.8 Å². The molecular formula is C12H15FN2O4. The summed E-state index contributed by atoms with van der Waals surface area (Å²) in [6.07, 6.45) is 0. The Kier molecular flexibility index (Phi) is 4.82. The largest absolute Gasteiger partial charge is 0.478 e. The first-order valence-corrected chi connectivity index (χ1v) is 5.54. The van der Waals surface area contributed by atoms with Crippen LogP contribution in [0, 0.1) is 5.82 Å². The van der Waals surface area contributed by atoms with E-state index in [1.54, 1.807) is 6.92 Å². The molecule has 0 saturated heterocycles. The Morgan fingerprint density at radius 3 is 2.63 bits per heavy atom. The number of rotatable bonds is 4. The number of aliphatic hydroxyl groups is 1. The zero-order valence-corrected chi connectivity index (χ0v) is 10.6. The van der Waals surface area contributed by atoms with Crippen molar-refractivity contribution in [3.05, 3.63) is 29.6 Å². The number of carboxylic acids is 1. The van der Waals surface area contributed by atoms with Crippen LogP contribution in [0.5, 0.6) is 0 Å². The lowest BCUT2D eigenvalue weighted by molar-refractivity contribution is 0.0697. The summed E-state index contributed by atoms with van der Waals surface area (Å²) in [5.41, 5.74) is -0.351. The highest BCUT2D eigenvalue weighted by Crippen LogP contribution is 2.17. The first-order chi connectivity index (χ1) is 8.86. The van der Waals surface area contributed by atoms with E-state index in [1.807, 2.05) is 0 Å². The molecule has 6 nitrogen and oxygen atoms in total. The number of hydrogen-bond donors (Lipinski definition) is 3. The first kappa shape index (κ1) is 14.9. The van der Waals surface area contributed by atoms with E-state index < -0.39 is 23.9 Å². The Labute approximate surface area is 109 Å². The summed E-state index contributed by atoms with van der Waals surface area (Å²) >= 11 is 0. The number of likely N-dealkylation sites (N-methyl/N-ethyl adjacent to an activating group) is 1. The normalized spacial score (nSPS) is 11.8. The van der Waals surface area contributed by atoms with Crippen LogP contribution in [0.15, 0.2) is 18.2 Å². The van der Waals surface area contributed by atoms with Gasteiger partial charge in [0, 0.05) is 7.05 Å². The minimum atomic E-state index is -1.22. The molecule has 1 aromatic rings. The van der Waals surface area contributed by atoms with Crippen LogP contribution < -0.4 is 5.32 Å². The van der Waals surface area contributed by atoms with Crippen LogP contribution in [0.1, 0.15) is 17.3 Å². The maximum absolute atomic E-state index is 13.5. The lowest BCUT2D eigenvalue weighted by atomic mass is 10.2. The van der Waals surface area contributed by atoms with Gasteiger partial charge in [-0.25, -0.2) is 14.0 Å². The number of carbonyl (C=O) groups excluding carboxylic acids is 1. The molecule has 0 radical (unpaired) electrons. The highest BCUT2D eigenvalue weighted by atomic mass is 19.1. The van der Waals surface area contributed by atoms with Crippen molar-refractivity contribution in [2.24, 2.45) is 0 Å². The molecular weight excluding hydrogens is 255 g/mol. The molecule has 0 aliphatic carbocycles. The van der Waals surface area contributed by atoms with Gasteiger partial charge in [0.15, 0.2) is 0 Å². The number of carboxylic acid groups (broad SMARTS) is 1. The Morgan fingerprint density at radius 1 is 1.47 bits per heavy atom. The number of benzene rings is 1. The molecule has 19 heavy (non-hydrogen) atoms. The third-order valence-corrected chi connectivity index (χ3v) is 2.70.